The Morgan fingerprint density at radius 2 is 0.855 bits per heavy atom. The fraction of sp³-hybridized carbons (Fsp3) is 0. The van der Waals surface area contributed by atoms with Crippen LogP contribution < -0.4 is 4.90 Å². The Hall–Kier alpha value is -7.36. The van der Waals surface area contributed by atoms with Crippen LogP contribution in [0.4, 0.5) is 17.1 Å². The highest BCUT2D eigenvalue weighted by Crippen LogP contribution is 2.42. The third-order valence-electron chi connectivity index (χ3n) is 10.9. The van der Waals surface area contributed by atoms with Gasteiger partial charge in [0.15, 0.2) is 0 Å². The Kier molecular flexibility index (Phi) is 7.17. The minimum absolute atomic E-state index is 0.891. The standard InChI is InChI=1S/C52H33NO2/c1-2-14-42-35(10-1)11-8-17-43(42)36-24-29-40(30-25-36)53(39-27-22-34(23-28-39)37-26-31-50-47(33-37)45-15-3-5-19-48(45)54-50)41-13-7-12-38(32-41)44-18-9-21-51-52(44)46-16-4-6-20-49(46)55-51/h1-33H. The SMILES string of the molecule is c1cc(-c2cccc3oc4ccccc4c23)cc(N(c2ccc(-c3ccc4oc5ccccc5c4c3)cc2)c2ccc(-c3cccc4ccccc34)cc2)c1. The summed E-state index contributed by atoms with van der Waals surface area (Å²) in [6.07, 6.45) is 0. The van der Waals surface area contributed by atoms with E-state index in [0.29, 0.717) is 0 Å². The first kappa shape index (κ1) is 31.2. The minimum atomic E-state index is 0.891. The second-order valence-corrected chi connectivity index (χ2v) is 14.1. The average molecular weight is 704 g/mol. The molecule has 2 heterocycles. The molecule has 0 aliphatic rings. The number of para-hydroxylation sites is 2. The van der Waals surface area contributed by atoms with E-state index in [1.54, 1.807) is 0 Å². The number of rotatable bonds is 6. The highest BCUT2D eigenvalue weighted by molar-refractivity contribution is 6.12. The van der Waals surface area contributed by atoms with Gasteiger partial charge in [-0.1, -0.05) is 133 Å². The number of benzene rings is 9. The van der Waals surface area contributed by atoms with Crippen LogP contribution in [0, 0.1) is 0 Å². The maximum Gasteiger partial charge on any atom is 0.136 e. The molecule has 0 atom stereocenters. The van der Waals surface area contributed by atoms with Gasteiger partial charge in [0, 0.05) is 38.6 Å². The molecule has 0 amide bonds. The van der Waals surface area contributed by atoms with Crippen molar-refractivity contribution in [1.29, 1.82) is 0 Å². The summed E-state index contributed by atoms with van der Waals surface area (Å²) in [5.41, 5.74) is 13.8. The van der Waals surface area contributed by atoms with Crippen molar-refractivity contribution >= 4 is 71.7 Å². The summed E-state index contributed by atoms with van der Waals surface area (Å²) in [5.74, 6) is 0. The summed E-state index contributed by atoms with van der Waals surface area (Å²) in [5, 5.41) is 7.00. The number of anilines is 3. The fourth-order valence-electron chi connectivity index (χ4n) is 8.25. The predicted octanol–water partition coefficient (Wildman–Crippen LogP) is 15.1. The Balaban J connectivity index is 1.03. The topological polar surface area (TPSA) is 29.5 Å². The Bertz CT molecular complexity index is 3200. The lowest BCUT2D eigenvalue weighted by atomic mass is 9.97. The lowest BCUT2D eigenvalue weighted by Crippen LogP contribution is -2.10. The van der Waals surface area contributed by atoms with Gasteiger partial charge in [-0.3, -0.25) is 0 Å². The first-order valence-corrected chi connectivity index (χ1v) is 18.7. The van der Waals surface area contributed by atoms with Crippen LogP contribution in [0.15, 0.2) is 209 Å². The van der Waals surface area contributed by atoms with E-state index in [-0.39, 0.29) is 0 Å². The van der Waals surface area contributed by atoms with E-state index in [0.717, 1.165) is 83.2 Å². The van der Waals surface area contributed by atoms with Gasteiger partial charge in [-0.05, 0) is 111 Å². The van der Waals surface area contributed by atoms with Crippen molar-refractivity contribution in [3.63, 3.8) is 0 Å². The van der Waals surface area contributed by atoms with Crippen molar-refractivity contribution < 1.29 is 8.83 Å². The van der Waals surface area contributed by atoms with Gasteiger partial charge in [0.25, 0.3) is 0 Å². The molecule has 0 spiro atoms. The predicted molar refractivity (Wildman–Crippen MR) is 229 cm³/mol. The third kappa shape index (κ3) is 5.28. The lowest BCUT2D eigenvalue weighted by Gasteiger charge is -2.26. The molecule has 0 saturated heterocycles. The molecule has 2 aromatic heterocycles. The van der Waals surface area contributed by atoms with E-state index < -0.39 is 0 Å². The van der Waals surface area contributed by atoms with E-state index in [1.807, 2.05) is 24.3 Å². The van der Waals surface area contributed by atoms with Crippen LogP contribution >= 0.6 is 0 Å². The second-order valence-electron chi connectivity index (χ2n) is 14.1. The molecule has 55 heavy (non-hydrogen) atoms. The molecule has 0 aliphatic heterocycles. The number of nitrogens with zero attached hydrogens (tertiary/aromatic N) is 1. The zero-order chi connectivity index (χ0) is 36.3. The van der Waals surface area contributed by atoms with Crippen LogP contribution in [0.3, 0.4) is 0 Å². The van der Waals surface area contributed by atoms with Crippen LogP contribution in [0.25, 0.3) is 88.0 Å². The van der Waals surface area contributed by atoms with Crippen molar-refractivity contribution in [2.75, 3.05) is 4.90 Å². The van der Waals surface area contributed by atoms with Gasteiger partial charge in [-0.2, -0.15) is 0 Å². The number of hydrogen-bond acceptors (Lipinski definition) is 3. The molecule has 3 nitrogen and oxygen atoms in total. The average Bonchev–Trinajstić information content (AvgIpc) is 3.83. The largest absolute Gasteiger partial charge is 0.456 e. The molecule has 3 heteroatoms. The summed E-state index contributed by atoms with van der Waals surface area (Å²) < 4.78 is 12.4. The Morgan fingerprint density at radius 1 is 0.291 bits per heavy atom. The van der Waals surface area contributed by atoms with E-state index in [4.69, 9.17) is 8.83 Å². The smallest absolute Gasteiger partial charge is 0.136 e. The summed E-state index contributed by atoms with van der Waals surface area (Å²) in [4.78, 5) is 2.35. The van der Waals surface area contributed by atoms with Gasteiger partial charge in [0.1, 0.15) is 22.3 Å². The van der Waals surface area contributed by atoms with Crippen molar-refractivity contribution in [2.24, 2.45) is 0 Å². The second kappa shape index (κ2) is 12.6. The zero-order valence-electron chi connectivity index (χ0n) is 29.8. The monoisotopic (exact) mass is 703 g/mol. The third-order valence-corrected chi connectivity index (χ3v) is 10.9. The summed E-state index contributed by atoms with van der Waals surface area (Å²) >= 11 is 0. The maximum atomic E-state index is 6.28. The van der Waals surface area contributed by atoms with E-state index in [1.165, 1.54) is 21.9 Å². The summed E-state index contributed by atoms with van der Waals surface area (Å²) in [6.45, 7) is 0. The van der Waals surface area contributed by atoms with Crippen LogP contribution in [0.1, 0.15) is 0 Å². The Morgan fingerprint density at radius 3 is 1.67 bits per heavy atom. The highest BCUT2D eigenvalue weighted by atomic mass is 16.3. The molecular formula is C52H33NO2. The molecular weight excluding hydrogens is 671 g/mol. The number of hydrogen-bond donors (Lipinski definition) is 0. The molecule has 0 aliphatic carbocycles. The van der Waals surface area contributed by atoms with Crippen molar-refractivity contribution in [2.45, 2.75) is 0 Å². The highest BCUT2D eigenvalue weighted by Gasteiger charge is 2.17. The number of fused-ring (bicyclic) bond motifs is 7. The van der Waals surface area contributed by atoms with Crippen LogP contribution in [0.5, 0.6) is 0 Å². The molecule has 0 bridgehead atoms. The minimum Gasteiger partial charge on any atom is -0.456 e. The molecule has 0 N–H and O–H groups in total. The van der Waals surface area contributed by atoms with Gasteiger partial charge in [0.2, 0.25) is 0 Å². The van der Waals surface area contributed by atoms with Gasteiger partial charge in [-0.15, -0.1) is 0 Å². The van der Waals surface area contributed by atoms with Crippen molar-refractivity contribution in [3.8, 4) is 33.4 Å². The van der Waals surface area contributed by atoms with Gasteiger partial charge < -0.3 is 13.7 Å². The van der Waals surface area contributed by atoms with Gasteiger partial charge in [0.05, 0.1) is 0 Å². The van der Waals surface area contributed by atoms with Crippen LogP contribution in [-0.4, -0.2) is 0 Å². The summed E-state index contributed by atoms with van der Waals surface area (Å²) in [6, 6.07) is 71.1. The maximum absolute atomic E-state index is 6.28. The first-order chi connectivity index (χ1) is 27.2. The lowest BCUT2D eigenvalue weighted by molar-refractivity contribution is 0.668. The molecule has 11 rings (SSSR count). The first-order valence-electron chi connectivity index (χ1n) is 18.7. The van der Waals surface area contributed by atoms with E-state index in [2.05, 4.69) is 181 Å². The normalized spacial score (nSPS) is 11.6. The molecule has 11 aromatic rings. The van der Waals surface area contributed by atoms with Gasteiger partial charge >= 0.3 is 0 Å². The fourth-order valence-corrected chi connectivity index (χ4v) is 8.25. The molecule has 258 valence electrons. The zero-order valence-corrected chi connectivity index (χ0v) is 29.8. The van der Waals surface area contributed by atoms with E-state index >= 15 is 0 Å². The molecule has 0 radical (unpaired) electrons. The molecule has 9 aromatic carbocycles. The molecule has 0 fully saturated rings. The quantitative estimate of drug-likeness (QED) is 0.173. The van der Waals surface area contributed by atoms with Crippen LogP contribution in [0.2, 0.25) is 0 Å². The molecule has 0 unspecified atom stereocenters. The van der Waals surface area contributed by atoms with E-state index in [9.17, 15) is 0 Å². The van der Waals surface area contributed by atoms with Crippen LogP contribution in [-0.2, 0) is 0 Å². The molecule has 0 saturated carbocycles. The number of furan rings is 2. The Labute approximate surface area is 317 Å². The summed E-state index contributed by atoms with van der Waals surface area (Å²) in [7, 11) is 0. The van der Waals surface area contributed by atoms with Crippen molar-refractivity contribution in [3.05, 3.63) is 200 Å². The van der Waals surface area contributed by atoms with Gasteiger partial charge in [-0.25, -0.2) is 0 Å². The van der Waals surface area contributed by atoms with Crippen molar-refractivity contribution in [1.82, 2.24) is 0 Å².